The van der Waals surface area contributed by atoms with Crippen LogP contribution >= 0.6 is 0 Å². The lowest BCUT2D eigenvalue weighted by Crippen LogP contribution is -2.42. The Morgan fingerprint density at radius 3 is 1.22 bits per heavy atom. The number of carbonyl (C=O) groups excluding carboxylic acids is 6. The maximum Gasteiger partial charge on any atom is 0.326 e. The fourth-order valence-electron chi connectivity index (χ4n) is 6.45. The fourth-order valence-corrected chi connectivity index (χ4v) is 6.45. The van der Waals surface area contributed by atoms with Gasteiger partial charge in [-0.2, -0.15) is 0 Å². The van der Waals surface area contributed by atoms with Crippen LogP contribution in [0, 0.1) is 0 Å². The third-order valence-corrected chi connectivity index (χ3v) is 10.3. The summed E-state index contributed by atoms with van der Waals surface area (Å²) in [6, 6.07) is -3.16. The van der Waals surface area contributed by atoms with E-state index in [1.807, 2.05) is 13.8 Å². The number of carboxylic acid groups (broad SMARTS) is 1. The van der Waals surface area contributed by atoms with Gasteiger partial charge in [0.15, 0.2) is 7.85 Å². The molecule has 4 atom stereocenters. The first kappa shape index (κ1) is 58.7. The van der Waals surface area contributed by atoms with E-state index in [2.05, 4.69) is 21.3 Å². The summed E-state index contributed by atoms with van der Waals surface area (Å²) in [4.78, 5) is 82.7. The highest BCUT2D eigenvalue weighted by molar-refractivity contribution is 6.59. The number of rotatable bonds is 40. The summed E-state index contributed by atoms with van der Waals surface area (Å²) in [7, 11) is 5.12. The molecule has 60 heavy (non-hydrogen) atoms. The van der Waals surface area contributed by atoms with Gasteiger partial charge < -0.3 is 53.2 Å². The third-order valence-electron chi connectivity index (χ3n) is 10.3. The molecule has 0 spiro atoms. The first-order valence-electron chi connectivity index (χ1n) is 23.1. The van der Waals surface area contributed by atoms with Crippen LogP contribution in [0.1, 0.15) is 194 Å². The van der Waals surface area contributed by atoms with Crippen LogP contribution in [-0.4, -0.2) is 97.8 Å². The van der Waals surface area contributed by atoms with Crippen LogP contribution in [0.5, 0.6) is 0 Å². The maximum atomic E-state index is 12.4. The van der Waals surface area contributed by atoms with Crippen molar-refractivity contribution < 1.29 is 38.7 Å². The first-order valence-corrected chi connectivity index (χ1v) is 23.1. The van der Waals surface area contributed by atoms with Crippen molar-refractivity contribution in [3.8, 4) is 0 Å². The Bertz CT molecular complexity index is 1180. The Hall–Kier alpha value is -3.37. The number of unbranched alkanes of at least 4 members (excludes halogenated alkanes) is 16. The molecule has 16 heteroatoms. The van der Waals surface area contributed by atoms with Crippen molar-refractivity contribution in [2.45, 2.75) is 218 Å². The number of nitrogens with two attached hydrogens (primary N) is 3. The quantitative estimate of drug-likeness (QED) is 0.0309. The molecule has 0 aliphatic rings. The van der Waals surface area contributed by atoms with Crippen LogP contribution in [0.4, 0.5) is 0 Å². The van der Waals surface area contributed by atoms with Gasteiger partial charge in [-0.1, -0.05) is 90.9 Å². The van der Waals surface area contributed by atoms with E-state index in [0.717, 1.165) is 32.1 Å². The monoisotopic (exact) mass is 850 g/mol. The topological polar surface area (TPSA) is 266 Å². The Morgan fingerprint density at radius 2 is 0.833 bits per heavy atom. The summed E-state index contributed by atoms with van der Waals surface area (Å²) in [6.07, 6.45) is 22.1. The van der Waals surface area contributed by atoms with Gasteiger partial charge in [-0.25, -0.2) is 4.79 Å². The van der Waals surface area contributed by atoms with Gasteiger partial charge in [0.1, 0.15) is 11.8 Å². The Labute approximate surface area is 363 Å². The second kappa shape index (κ2) is 41.0. The molecule has 0 heterocycles. The van der Waals surface area contributed by atoms with E-state index in [1.165, 1.54) is 51.4 Å². The number of Topliss-reactive ketones (excluding diaryl/α,β-unsaturated/α-hetero) is 1. The molecule has 0 aromatic heterocycles. The van der Waals surface area contributed by atoms with E-state index in [4.69, 9.17) is 25.0 Å². The van der Waals surface area contributed by atoms with Gasteiger partial charge in [-0.05, 0) is 84.0 Å². The third kappa shape index (κ3) is 37.6. The second-order valence-electron chi connectivity index (χ2n) is 15.8. The van der Waals surface area contributed by atoms with Crippen molar-refractivity contribution in [2.24, 2.45) is 17.2 Å². The summed E-state index contributed by atoms with van der Waals surface area (Å²) in [6.45, 7) is 6.85. The number of hydrogen-bond donors (Lipinski definition) is 8. The van der Waals surface area contributed by atoms with Crippen molar-refractivity contribution in [1.82, 2.24) is 21.3 Å². The van der Waals surface area contributed by atoms with Gasteiger partial charge in [-0.3, -0.25) is 19.2 Å². The number of nitrogens with one attached hydrogen (secondary N) is 4. The lowest BCUT2D eigenvalue weighted by Gasteiger charge is -2.15. The maximum absolute atomic E-state index is 12.4. The smallest absolute Gasteiger partial charge is 0.326 e. The zero-order valence-electron chi connectivity index (χ0n) is 37.6. The summed E-state index contributed by atoms with van der Waals surface area (Å²) >= 11 is 0. The average Bonchev–Trinajstić information content (AvgIpc) is 3.21. The van der Waals surface area contributed by atoms with E-state index in [1.54, 1.807) is 6.92 Å². The number of carbonyl (C=O) groups is 7. The Kier molecular flexibility index (Phi) is 40.1. The zero-order chi connectivity index (χ0) is 45.4. The number of aliphatic carboxylic acids is 1. The van der Waals surface area contributed by atoms with E-state index >= 15 is 0 Å². The summed E-state index contributed by atoms with van der Waals surface area (Å²) in [5.74, 6) is -2.03. The molecule has 0 aromatic carbocycles. The molecule has 0 fully saturated rings. The molecule has 0 aliphatic carbocycles. The Morgan fingerprint density at radius 1 is 0.467 bits per heavy atom. The lowest BCUT2D eigenvalue weighted by atomic mass is 9.92. The van der Waals surface area contributed by atoms with Crippen molar-refractivity contribution in [3.05, 3.63) is 0 Å². The molecule has 2 radical (unpaired) electrons. The fraction of sp³-hybridized carbons (Fsp3) is 0.841. The van der Waals surface area contributed by atoms with Crippen LogP contribution in [0.25, 0.3) is 0 Å². The minimum absolute atomic E-state index is 0.00500. The second-order valence-corrected chi connectivity index (χ2v) is 15.8. The molecule has 0 saturated heterocycles. The molecule has 346 valence electrons. The minimum atomic E-state index is -1.17. The standard InChI is InChI=1S/C42H78BN7O8.C2H6/c1-32(51)22-14-12-10-8-6-4-2-3-5-7-9-11-13-15-26-38(53)50-36(42(57)58)27-28-37(52)47-29-19-17-24-34(45)40(55)49-31-21-18-25-35(46)41(56)48-30-20-16-23-33(44)39(43)54;1-2/h33-36H,2-31,44-46H2,1H3,(H,47,52)(H,48,56)(H,49,55)(H,50,53)(H,57,58);1-2H3/t33-,34-,35-,36-;/m0./s1. The highest BCUT2D eigenvalue weighted by Crippen LogP contribution is 2.14. The van der Waals surface area contributed by atoms with Crippen molar-refractivity contribution in [1.29, 1.82) is 0 Å². The van der Waals surface area contributed by atoms with Gasteiger partial charge >= 0.3 is 5.97 Å². The predicted octanol–water partition coefficient (Wildman–Crippen LogP) is 4.73. The molecule has 0 aromatic rings. The molecule has 0 bridgehead atoms. The largest absolute Gasteiger partial charge is 0.480 e. The van der Waals surface area contributed by atoms with Crippen LogP contribution in [0.2, 0.25) is 0 Å². The van der Waals surface area contributed by atoms with E-state index in [9.17, 15) is 38.7 Å². The number of amides is 4. The first-order chi connectivity index (χ1) is 28.7. The molecule has 0 aliphatic heterocycles. The summed E-state index contributed by atoms with van der Waals surface area (Å²) in [5, 5.41) is 20.4. The van der Waals surface area contributed by atoms with Gasteiger partial charge in [0.05, 0.1) is 23.8 Å². The molecule has 11 N–H and O–H groups in total. The molecule has 15 nitrogen and oxygen atoms in total. The van der Waals surface area contributed by atoms with Gasteiger partial charge in [0.2, 0.25) is 23.6 Å². The highest BCUT2D eigenvalue weighted by Gasteiger charge is 2.21. The van der Waals surface area contributed by atoms with Crippen molar-refractivity contribution >= 4 is 48.9 Å². The highest BCUT2D eigenvalue weighted by atomic mass is 16.4. The van der Waals surface area contributed by atoms with Crippen LogP contribution < -0.4 is 38.5 Å². The van der Waals surface area contributed by atoms with E-state index < -0.39 is 35.8 Å². The minimum Gasteiger partial charge on any atom is -0.480 e. The number of ketones is 1. The van der Waals surface area contributed by atoms with Crippen molar-refractivity contribution in [3.63, 3.8) is 0 Å². The predicted molar refractivity (Wildman–Crippen MR) is 240 cm³/mol. The summed E-state index contributed by atoms with van der Waals surface area (Å²) in [5.41, 5.74) is 17.0. The number of carboxylic acids is 1. The Balaban J connectivity index is 0. The van der Waals surface area contributed by atoms with E-state index in [-0.39, 0.29) is 48.7 Å². The molecular formula is C44H84BN7O8. The summed E-state index contributed by atoms with van der Waals surface area (Å²) < 4.78 is 0. The molecule has 0 saturated carbocycles. The van der Waals surface area contributed by atoms with Crippen LogP contribution in [0.15, 0.2) is 0 Å². The molecule has 4 amide bonds. The van der Waals surface area contributed by atoms with Gasteiger partial charge in [0.25, 0.3) is 0 Å². The molecule has 0 rings (SSSR count). The number of hydrogen-bond acceptors (Lipinski definition) is 10. The van der Waals surface area contributed by atoms with Gasteiger partial charge in [0, 0.05) is 38.9 Å². The zero-order valence-corrected chi connectivity index (χ0v) is 37.6. The molecular weight excluding hydrogens is 765 g/mol. The lowest BCUT2D eigenvalue weighted by molar-refractivity contribution is -0.142. The normalized spacial score (nSPS) is 12.8. The molecule has 0 unspecified atom stereocenters. The SMILES string of the molecule is CC.[B]C(=O)[C@@H](N)CCCCNC(=O)[C@@H](N)CCCCNC(=O)[C@@H](N)CCCCNC(=O)CC[C@H](NC(=O)CCCCCCCCCCCCCCCCC(C)=O)C(=O)O. The van der Waals surface area contributed by atoms with E-state index in [0.29, 0.717) is 90.3 Å². The van der Waals surface area contributed by atoms with Gasteiger partial charge in [-0.15, -0.1) is 0 Å². The van der Waals surface area contributed by atoms with Crippen molar-refractivity contribution in [2.75, 3.05) is 19.6 Å². The van der Waals surface area contributed by atoms with Crippen LogP contribution in [0.3, 0.4) is 0 Å². The van der Waals surface area contributed by atoms with Crippen LogP contribution in [-0.2, 0) is 33.6 Å². The average molecular weight is 850 g/mol.